The summed E-state index contributed by atoms with van der Waals surface area (Å²) in [7, 11) is 0. The molecule has 0 radical (unpaired) electrons. The van der Waals surface area contributed by atoms with Crippen molar-refractivity contribution in [2.45, 2.75) is 11.9 Å². The number of aromatic nitrogens is 2. The Kier molecular flexibility index (Phi) is 10.0. The molecule has 39 heavy (non-hydrogen) atoms. The molecule has 1 amide bonds. The maximum atomic E-state index is 14.1. The number of hydrogen-bond donors (Lipinski definition) is 1. The molecular weight excluding hydrogens is 651 g/mol. The molecule has 5 nitrogen and oxygen atoms in total. The largest absolute Gasteiger partial charge is 0.483 e. The minimum absolute atomic E-state index is 0.0458. The number of benzene rings is 3. The van der Waals surface area contributed by atoms with Gasteiger partial charge in [-0.1, -0.05) is 75.5 Å². The van der Waals surface area contributed by atoms with Gasteiger partial charge in [0, 0.05) is 31.9 Å². The van der Waals surface area contributed by atoms with Gasteiger partial charge in [-0.15, -0.1) is 22.7 Å². The van der Waals surface area contributed by atoms with E-state index in [4.69, 9.17) is 33.7 Å². The summed E-state index contributed by atoms with van der Waals surface area (Å²) < 4.78 is 32.9. The summed E-state index contributed by atoms with van der Waals surface area (Å²) in [5.41, 5.74) is 7.55. The average molecular weight is 669 g/mol. The smallest absolute Gasteiger partial charge is 0.254 e. The number of amides is 1. The van der Waals surface area contributed by atoms with Crippen LogP contribution in [-0.2, 0) is 11.9 Å². The lowest BCUT2D eigenvalue weighted by Gasteiger charge is -2.08. The number of primary amides is 1. The van der Waals surface area contributed by atoms with Crippen LogP contribution in [-0.4, -0.2) is 15.9 Å². The molecule has 0 atom stereocenters. The monoisotopic (exact) mass is 667 g/mol. The van der Waals surface area contributed by atoms with Crippen LogP contribution in [0.3, 0.4) is 0 Å². The Bertz CT molecular complexity index is 1610. The van der Waals surface area contributed by atoms with E-state index in [2.05, 4.69) is 25.9 Å². The SMILES string of the molecule is Clc1ccccc1-c1csc(CBr)n1.NC(=O)c1c(F)ccc(OCc2nc(-c3ccccc3Cl)cs2)c1F. The Labute approximate surface area is 249 Å². The molecule has 0 saturated heterocycles. The van der Waals surface area contributed by atoms with Crippen LogP contribution in [0.4, 0.5) is 8.78 Å². The van der Waals surface area contributed by atoms with Crippen molar-refractivity contribution in [1.82, 2.24) is 9.97 Å². The van der Waals surface area contributed by atoms with Gasteiger partial charge in [-0.3, -0.25) is 4.79 Å². The third kappa shape index (κ3) is 7.20. The van der Waals surface area contributed by atoms with E-state index < -0.39 is 23.1 Å². The zero-order chi connectivity index (χ0) is 27.9. The first kappa shape index (κ1) is 29.1. The zero-order valence-electron chi connectivity index (χ0n) is 19.8. The maximum Gasteiger partial charge on any atom is 0.254 e. The normalized spacial score (nSPS) is 10.6. The summed E-state index contributed by atoms with van der Waals surface area (Å²) in [6.07, 6.45) is 0. The fourth-order valence-corrected chi connectivity index (χ4v) is 5.68. The predicted molar refractivity (Wildman–Crippen MR) is 157 cm³/mol. The highest BCUT2D eigenvalue weighted by Gasteiger charge is 2.19. The van der Waals surface area contributed by atoms with Gasteiger partial charge in [0.2, 0.25) is 0 Å². The van der Waals surface area contributed by atoms with Crippen LogP contribution in [0.25, 0.3) is 22.5 Å². The van der Waals surface area contributed by atoms with Gasteiger partial charge in [0.15, 0.2) is 11.6 Å². The summed E-state index contributed by atoms with van der Waals surface area (Å²) in [6.45, 7) is -0.0458. The first-order chi connectivity index (χ1) is 18.8. The Balaban J connectivity index is 0.000000212. The number of nitrogens with zero attached hydrogens (tertiary/aromatic N) is 2. The van der Waals surface area contributed by atoms with E-state index in [1.54, 1.807) is 22.8 Å². The molecule has 2 heterocycles. The number of carbonyl (C=O) groups is 1. The van der Waals surface area contributed by atoms with Crippen molar-refractivity contribution in [3.05, 3.63) is 109 Å². The van der Waals surface area contributed by atoms with Crippen molar-refractivity contribution in [3.8, 4) is 28.3 Å². The second kappa shape index (κ2) is 13.5. The number of thiazole rings is 2. The van der Waals surface area contributed by atoms with E-state index in [1.807, 2.05) is 47.8 Å². The van der Waals surface area contributed by atoms with Gasteiger partial charge in [0.1, 0.15) is 28.0 Å². The van der Waals surface area contributed by atoms with Gasteiger partial charge < -0.3 is 10.5 Å². The minimum atomic E-state index is -1.20. The number of ether oxygens (including phenoxy) is 1. The van der Waals surface area contributed by atoms with Crippen molar-refractivity contribution < 1.29 is 18.3 Å². The molecule has 0 unspecified atom stereocenters. The first-order valence-corrected chi connectivity index (χ1v) is 14.8. The van der Waals surface area contributed by atoms with Gasteiger partial charge in [-0.25, -0.2) is 18.7 Å². The molecule has 5 aromatic rings. The molecule has 2 N–H and O–H groups in total. The highest BCUT2D eigenvalue weighted by Crippen LogP contribution is 2.30. The van der Waals surface area contributed by atoms with Crippen molar-refractivity contribution in [2.75, 3.05) is 0 Å². The molecule has 0 aliphatic heterocycles. The minimum Gasteiger partial charge on any atom is -0.483 e. The number of hydrogen-bond acceptors (Lipinski definition) is 6. The molecule has 3 aromatic carbocycles. The van der Waals surface area contributed by atoms with Crippen LogP contribution in [0.1, 0.15) is 20.4 Å². The Hall–Kier alpha value is -2.89. The summed E-state index contributed by atoms with van der Waals surface area (Å²) in [6, 6.07) is 17.0. The number of carbonyl (C=O) groups excluding carboxylic acids is 1. The second-order valence-electron chi connectivity index (χ2n) is 7.73. The van der Waals surface area contributed by atoms with Gasteiger partial charge >= 0.3 is 0 Å². The van der Waals surface area contributed by atoms with Crippen molar-refractivity contribution in [3.63, 3.8) is 0 Å². The second-order valence-corrected chi connectivity index (χ2v) is 11.0. The molecular formula is C27H18BrCl2F2N3O2S2. The summed E-state index contributed by atoms with van der Waals surface area (Å²) in [5, 5.41) is 7.57. The van der Waals surface area contributed by atoms with Crippen LogP contribution in [0.15, 0.2) is 71.4 Å². The lowest BCUT2D eigenvalue weighted by molar-refractivity contribution is 0.0991. The lowest BCUT2D eigenvalue weighted by Crippen LogP contribution is -2.16. The molecule has 200 valence electrons. The zero-order valence-corrected chi connectivity index (χ0v) is 24.6. The Morgan fingerprint density at radius 2 is 1.41 bits per heavy atom. The van der Waals surface area contributed by atoms with Gasteiger partial charge in [0.05, 0.1) is 16.7 Å². The summed E-state index contributed by atoms with van der Waals surface area (Å²) in [5.74, 6) is -3.64. The fraction of sp³-hybridized carbons (Fsp3) is 0.0741. The molecule has 5 rings (SSSR count). The maximum absolute atomic E-state index is 14.1. The van der Waals surface area contributed by atoms with E-state index >= 15 is 0 Å². The van der Waals surface area contributed by atoms with Gasteiger partial charge in [0.25, 0.3) is 5.91 Å². The quantitative estimate of drug-likeness (QED) is 0.176. The van der Waals surface area contributed by atoms with E-state index in [9.17, 15) is 13.6 Å². The van der Waals surface area contributed by atoms with Crippen LogP contribution >= 0.6 is 61.8 Å². The van der Waals surface area contributed by atoms with E-state index in [0.29, 0.717) is 15.7 Å². The lowest BCUT2D eigenvalue weighted by atomic mass is 10.1. The standard InChI is InChI=1S/C17H11ClF2N2O2S.C10H7BrClNS/c18-10-4-2-1-3-9(10)12-8-25-14(22-12)7-24-13-6-5-11(19)15(16(13)20)17(21)23;11-5-10-13-9(6-14-10)7-3-1-2-4-8(7)12/h1-6,8H,7H2,(H2,21,23);1-4,6H,5H2. The highest BCUT2D eigenvalue weighted by atomic mass is 79.9. The molecule has 0 saturated carbocycles. The van der Waals surface area contributed by atoms with Crippen LogP contribution in [0.2, 0.25) is 10.0 Å². The molecule has 2 aromatic heterocycles. The topological polar surface area (TPSA) is 78.1 Å². The fourth-order valence-electron chi connectivity index (χ4n) is 3.34. The molecule has 0 fully saturated rings. The van der Waals surface area contributed by atoms with Crippen LogP contribution in [0.5, 0.6) is 5.75 Å². The number of alkyl halides is 1. The number of rotatable bonds is 7. The Morgan fingerprint density at radius 1 is 0.872 bits per heavy atom. The highest BCUT2D eigenvalue weighted by molar-refractivity contribution is 9.08. The van der Waals surface area contributed by atoms with E-state index in [1.165, 1.54) is 11.3 Å². The van der Waals surface area contributed by atoms with Gasteiger partial charge in [-0.2, -0.15) is 0 Å². The first-order valence-electron chi connectivity index (χ1n) is 11.1. The van der Waals surface area contributed by atoms with Crippen LogP contribution in [0, 0.1) is 11.6 Å². The number of nitrogens with two attached hydrogens (primary N) is 1. The van der Waals surface area contributed by atoms with Crippen molar-refractivity contribution >= 4 is 67.7 Å². The molecule has 0 aliphatic carbocycles. The van der Waals surface area contributed by atoms with Gasteiger partial charge in [-0.05, 0) is 24.3 Å². The molecule has 0 aliphatic rings. The van der Waals surface area contributed by atoms with Crippen LogP contribution < -0.4 is 10.5 Å². The van der Waals surface area contributed by atoms with Crippen molar-refractivity contribution in [2.24, 2.45) is 5.73 Å². The summed E-state index contributed by atoms with van der Waals surface area (Å²) in [4.78, 5) is 20.0. The summed E-state index contributed by atoms with van der Waals surface area (Å²) >= 11 is 18.5. The average Bonchev–Trinajstić information content (AvgIpc) is 3.59. The van der Waals surface area contributed by atoms with E-state index in [-0.39, 0.29) is 12.4 Å². The predicted octanol–water partition coefficient (Wildman–Crippen LogP) is 8.78. The number of halogens is 5. The molecule has 0 bridgehead atoms. The third-order valence-electron chi connectivity index (χ3n) is 5.17. The Morgan fingerprint density at radius 3 is 1.92 bits per heavy atom. The third-order valence-corrected chi connectivity index (χ3v) is 8.40. The molecule has 0 spiro atoms. The van der Waals surface area contributed by atoms with Crippen molar-refractivity contribution in [1.29, 1.82) is 0 Å². The van der Waals surface area contributed by atoms with E-state index in [0.717, 1.165) is 44.3 Å². The molecule has 12 heteroatoms.